The Bertz CT molecular complexity index is 1190. The minimum Gasteiger partial charge on any atom is -0.307 e. The van der Waals surface area contributed by atoms with E-state index in [1.165, 1.54) is 17.4 Å². The highest BCUT2D eigenvalue weighted by Crippen LogP contribution is 2.27. The number of aryl methyl sites for hydroxylation is 2. The van der Waals surface area contributed by atoms with Gasteiger partial charge in [-0.3, -0.25) is 9.59 Å². The Morgan fingerprint density at radius 3 is 2.59 bits per heavy atom. The first-order chi connectivity index (χ1) is 16.3. The van der Waals surface area contributed by atoms with Crippen molar-refractivity contribution in [2.75, 3.05) is 31.3 Å². The summed E-state index contributed by atoms with van der Waals surface area (Å²) in [5.74, 6) is -0.111. The predicted octanol–water partition coefficient (Wildman–Crippen LogP) is 4.87. The maximum Gasteiger partial charge on any atom is 0.249 e. The van der Waals surface area contributed by atoms with Crippen molar-refractivity contribution in [2.24, 2.45) is 0 Å². The van der Waals surface area contributed by atoms with Crippen molar-refractivity contribution in [1.29, 1.82) is 0 Å². The van der Waals surface area contributed by atoms with Gasteiger partial charge in [0.25, 0.3) is 0 Å². The first kappa shape index (κ1) is 25.3. The van der Waals surface area contributed by atoms with Crippen LogP contribution in [0.25, 0.3) is 11.1 Å². The van der Waals surface area contributed by atoms with Gasteiger partial charge in [-0.25, -0.2) is 9.97 Å². The maximum atomic E-state index is 12.8. The summed E-state index contributed by atoms with van der Waals surface area (Å²) >= 11 is 1.50. The SMILES string of the molecule is CCc1cnc(NC(=O)C(C)c2cccc(-c3cnc(NC(=O)/C=C/CN(C)C)c(C)c3)c2)s1. The Kier molecular flexibility index (Phi) is 8.67. The number of thiazole rings is 1. The van der Waals surface area contributed by atoms with Gasteiger partial charge in [0, 0.05) is 35.5 Å². The molecule has 2 N–H and O–H groups in total. The molecule has 3 rings (SSSR count). The van der Waals surface area contributed by atoms with Crippen LogP contribution in [0.5, 0.6) is 0 Å². The van der Waals surface area contributed by atoms with Crippen LogP contribution in [0.1, 0.15) is 35.8 Å². The number of nitrogens with one attached hydrogen (secondary N) is 2. The Labute approximate surface area is 204 Å². The summed E-state index contributed by atoms with van der Waals surface area (Å²) in [5.41, 5.74) is 3.64. The molecule has 1 aromatic carbocycles. The molecule has 0 saturated heterocycles. The highest BCUT2D eigenvalue weighted by atomic mass is 32.1. The van der Waals surface area contributed by atoms with Crippen molar-refractivity contribution < 1.29 is 9.59 Å². The smallest absolute Gasteiger partial charge is 0.249 e. The number of benzene rings is 1. The van der Waals surface area contributed by atoms with E-state index in [0.717, 1.165) is 33.6 Å². The standard InChI is InChI=1S/C26H31N5O2S/c1-6-22-16-28-26(34-22)30-25(33)18(3)19-9-7-10-20(14-19)21-13-17(2)24(27-15-21)29-23(32)11-8-12-31(4)5/h7-11,13-16,18H,6,12H2,1-5H3,(H,27,29,32)(H,28,30,33)/b11-8+. The topological polar surface area (TPSA) is 87.2 Å². The van der Waals surface area contributed by atoms with E-state index in [1.807, 2.05) is 63.2 Å². The maximum absolute atomic E-state index is 12.8. The number of rotatable bonds is 9. The van der Waals surface area contributed by atoms with Gasteiger partial charge in [-0.2, -0.15) is 0 Å². The molecule has 0 aliphatic carbocycles. The van der Waals surface area contributed by atoms with Crippen LogP contribution in [0.3, 0.4) is 0 Å². The van der Waals surface area contributed by atoms with Gasteiger partial charge in [0.1, 0.15) is 5.82 Å². The molecule has 0 aliphatic heterocycles. The average molecular weight is 478 g/mol. The van der Waals surface area contributed by atoms with Crippen LogP contribution >= 0.6 is 11.3 Å². The second-order valence-corrected chi connectivity index (χ2v) is 9.48. The molecule has 0 radical (unpaired) electrons. The van der Waals surface area contributed by atoms with Crippen LogP contribution in [-0.4, -0.2) is 47.3 Å². The van der Waals surface area contributed by atoms with Gasteiger partial charge in [-0.15, -0.1) is 11.3 Å². The average Bonchev–Trinajstić information content (AvgIpc) is 3.27. The van der Waals surface area contributed by atoms with E-state index in [-0.39, 0.29) is 17.7 Å². The summed E-state index contributed by atoms with van der Waals surface area (Å²) in [6, 6.07) is 9.86. The van der Waals surface area contributed by atoms with Gasteiger partial charge >= 0.3 is 0 Å². The third-order valence-electron chi connectivity index (χ3n) is 5.31. The van der Waals surface area contributed by atoms with Crippen molar-refractivity contribution in [2.45, 2.75) is 33.1 Å². The fraction of sp³-hybridized carbons (Fsp3) is 0.308. The lowest BCUT2D eigenvalue weighted by Crippen LogP contribution is -2.18. The Balaban J connectivity index is 1.70. The van der Waals surface area contributed by atoms with Crippen LogP contribution in [0.4, 0.5) is 10.9 Å². The molecule has 2 amide bonds. The number of aromatic nitrogens is 2. The van der Waals surface area contributed by atoms with Crippen molar-refractivity contribution >= 4 is 34.1 Å². The number of anilines is 2. The number of carbonyl (C=O) groups excluding carboxylic acids is 2. The summed E-state index contributed by atoms with van der Waals surface area (Å²) in [7, 11) is 3.88. The molecule has 2 aromatic heterocycles. The molecule has 1 atom stereocenters. The summed E-state index contributed by atoms with van der Waals surface area (Å²) in [6.45, 7) is 6.55. The molecule has 0 spiro atoms. The first-order valence-corrected chi connectivity index (χ1v) is 12.0. The molecule has 0 saturated carbocycles. The first-order valence-electron chi connectivity index (χ1n) is 11.2. The molecule has 2 heterocycles. The number of pyridine rings is 1. The molecule has 0 fully saturated rings. The van der Waals surface area contributed by atoms with E-state index in [9.17, 15) is 9.59 Å². The largest absolute Gasteiger partial charge is 0.307 e. The van der Waals surface area contributed by atoms with Crippen LogP contribution in [0.2, 0.25) is 0 Å². The number of carbonyl (C=O) groups is 2. The molecule has 7 nitrogen and oxygen atoms in total. The summed E-state index contributed by atoms with van der Waals surface area (Å²) in [6.07, 6.45) is 7.75. The van der Waals surface area contributed by atoms with E-state index >= 15 is 0 Å². The zero-order chi connectivity index (χ0) is 24.7. The fourth-order valence-electron chi connectivity index (χ4n) is 3.27. The van der Waals surface area contributed by atoms with E-state index in [1.54, 1.807) is 18.5 Å². The van der Waals surface area contributed by atoms with E-state index in [4.69, 9.17) is 0 Å². The van der Waals surface area contributed by atoms with Gasteiger partial charge < -0.3 is 15.5 Å². The Morgan fingerprint density at radius 1 is 1.12 bits per heavy atom. The number of likely N-dealkylation sites (N-methyl/N-ethyl adjacent to an activating group) is 1. The van der Waals surface area contributed by atoms with Gasteiger partial charge in [0.2, 0.25) is 11.8 Å². The highest BCUT2D eigenvalue weighted by Gasteiger charge is 2.17. The van der Waals surface area contributed by atoms with E-state index in [2.05, 4.69) is 27.5 Å². The predicted molar refractivity (Wildman–Crippen MR) is 139 cm³/mol. The molecular weight excluding hydrogens is 446 g/mol. The lowest BCUT2D eigenvalue weighted by Gasteiger charge is -2.13. The zero-order valence-corrected chi connectivity index (χ0v) is 21.1. The number of nitrogens with zero attached hydrogens (tertiary/aromatic N) is 3. The van der Waals surface area contributed by atoms with Crippen LogP contribution < -0.4 is 10.6 Å². The molecule has 8 heteroatoms. The minimum absolute atomic E-state index is 0.0937. The normalized spacial score (nSPS) is 12.2. The van der Waals surface area contributed by atoms with Crippen molar-refractivity contribution in [1.82, 2.24) is 14.9 Å². The summed E-state index contributed by atoms with van der Waals surface area (Å²) in [4.78, 5) is 36.7. The second kappa shape index (κ2) is 11.7. The molecule has 0 aliphatic rings. The molecule has 3 aromatic rings. The lowest BCUT2D eigenvalue weighted by atomic mass is 9.96. The second-order valence-electron chi connectivity index (χ2n) is 8.37. The van der Waals surface area contributed by atoms with Gasteiger partial charge in [0.15, 0.2) is 5.13 Å². The number of amides is 2. The zero-order valence-electron chi connectivity index (χ0n) is 20.3. The highest BCUT2D eigenvalue weighted by molar-refractivity contribution is 7.15. The van der Waals surface area contributed by atoms with E-state index in [0.29, 0.717) is 17.5 Å². The number of hydrogen-bond acceptors (Lipinski definition) is 6. The molecule has 34 heavy (non-hydrogen) atoms. The summed E-state index contributed by atoms with van der Waals surface area (Å²) < 4.78 is 0. The molecular formula is C26H31N5O2S. The summed E-state index contributed by atoms with van der Waals surface area (Å²) in [5, 5.41) is 6.36. The quantitative estimate of drug-likeness (QED) is 0.429. The van der Waals surface area contributed by atoms with Crippen LogP contribution in [0.15, 0.2) is 54.9 Å². The van der Waals surface area contributed by atoms with Gasteiger partial charge in [-0.05, 0) is 57.1 Å². The number of hydrogen-bond donors (Lipinski definition) is 2. The third-order valence-corrected chi connectivity index (χ3v) is 6.36. The Morgan fingerprint density at radius 2 is 1.91 bits per heavy atom. The van der Waals surface area contributed by atoms with E-state index < -0.39 is 0 Å². The lowest BCUT2D eigenvalue weighted by molar-refractivity contribution is -0.117. The Hall–Kier alpha value is -3.36. The fourth-order valence-corrected chi connectivity index (χ4v) is 4.03. The van der Waals surface area contributed by atoms with Crippen molar-refractivity contribution in [3.63, 3.8) is 0 Å². The molecule has 1 unspecified atom stereocenters. The minimum atomic E-state index is -0.338. The van der Waals surface area contributed by atoms with Crippen LogP contribution in [0, 0.1) is 6.92 Å². The monoisotopic (exact) mass is 477 g/mol. The van der Waals surface area contributed by atoms with Gasteiger partial charge in [-0.1, -0.05) is 37.3 Å². The van der Waals surface area contributed by atoms with Crippen molar-refractivity contribution in [3.05, 3.63) is 70.9 Å². The van der Waals surface area contributed by atoms with Gasteiger partial charge in [0.05, 0.1) is 5.92 Å². The molecule has 0 bridgehead atoms. The third kappa shape index (κ3) is 6.82. The van der Waals surface area contributed by atoms with Crippen molar-refractivity contribution in [3.8, 4) is 11.1 Å². The molecule has 178 valence electrons. The van der Waals surface area contributed by atoms with Crippen LogP contribution in [-0.2, 0) is 16.0 Å².